The highest BCUT2D eigenvalue weighted by atomic mass is 32.2. The maximum absolute atomic E-state index is 13.0. The lowest BCUT2D eigenvalue weighted by Gasteiger charge is -2.17. The van der Waals surface area contributed by atoms with Gasteiger partial charge in [-0.2, -0.15) is 8.42 Å². The largest absolute Gasteiger partial charge is 0.573 e. The summed E-state index contributed by atoms with van der Waals surface area (Å²) in [7, 11) is -3.67. The molecule has 0 radical (unpaired) electrons. The summed E-state index contributed by atoms with van der Waals surface area (Å²) in [5.41, 5.74) is 8.93. The SMILES string of the molecule is CC(NCc1ccc(-c2cccc(OC(F)(F)F)c2Cc2ccccc2)cc1)C(N)=O.CS(=O)(=O)O. The molecule has 4 N–H and O–H groups in total. The summed E-state index contributed by atoms with van der Waals surface area (Å²) in [4.78, 5) is 11.1. The molecule has 194 valence electrons. The maximum Gasteiger partial charge on any atom is 0.573 e. The number of carbonyl (C=O) groups excluding carboxylic acids is 1. The lowest BCUT2D eigenvalue weighted by molar-refractivity contribution is -0.274. The van der Waals surface area contributed by atoms with Crippen LogP contribution in [0.3, 0.4) is 0 Å². The van der Waals surface area contributed by atoms with Crippen molar-refractivity contribution in [2.45, 2.75) is 32.3 Å². The maximum atomic E-state index is 13.0. The van der Waals surface area contributed by atoms with Crippen molar-refractivity contribution in [3.8, 4) is 16.9 Å². The van der Waals surface area contributed by atoms with Crippen molar-refractivity contribution in [3.63, 3.8) is 0 Å². The van der Waals surface area contributed by atoms with Crippen molar-refractivity contribution in [2.75, 3.05) is 6.26 Å². The van der Waals surface area contributed by atoms with Crippen LogP contribution in [0.15, 0.2) is 72.8 Å². The van der Waals surface area contributed by atoms with Gasteiger partial charge in [-0.05, 0) is 35.2 Å². The van der Waals surface area contributed by atoms with Gasteiger partial charge in [0.25, 0.3) is 10.1 Å². The van der Waals surface area contributed by atoms with Crippen molar-refractivity contribution >= 4 is 16.0 Å². The molecule has 0 aliphatic carbocycles. The molecule has 0 heterocycles. The number of primary amides is 1. The zero-order valence-electron chi connectivity index (χ0n) is 19.6. The number of halogens is 3. The Balaban J connectivity index is 0.000000830. The van der Waals surface area contributed by atoms with Gasteiger partial charge in [0, 0.05) is 18.5 Å². The van der Waals surface area contributed by atoms with Crippen LogP contribution in [0.25, 0.3) is 11.1 Å². The molecule has 1 atom stereocenters. The highest BCUT2D eigenvalue weighted by Gasteiger charge is 2.32. The Morgan fingerprint density at radius 2 is 1.58 bits per heavy atom. The quantitative estimate of drug-likeness (QED) is 0.378. The van der Waals surface area contributed by atoms with Gasteiger partial charge in [0.1, 0.15) is 5.75 Å². The minimum absolute atomic E-state index is 0.213. The molecule has 3 aromatic carbocycles. The average molecular weight is 525 g/mol. The summed E-state index contributed by atoms with van der Waals surface area (Å²) in [5.74, 6) is -0.654. The van der Waals surface area contributed by atoms with E-state index in [2.05, 4.69) is 10.1 Å². The average Bonchev–Trinajstić information content (AvgIpc) is 2.77. The number of ether oxygens (including phenoxy) is 1. The van der Waals surface area contributed by atoms with E-state index in [1.807, 2.05) is 54.6 Å². The number of hydrogen-bond donors (Lipinski definition) is 3. The van der Waals surface area contributed by atoms with Crippen molar-refractivity contribution in [1.82, 2.24) is 5.32 Å². The molecule has 0 saturated heterocycles. The molecule has 0 aromatic heterocycles. The first-order chi connectivity index (χ1) is 16.7. The molecule has 0 aliphatic rings. The lowest BCUT2D eigenvalue weighted by atomic mass is 9.93. The third-order valence-electron chi connectivity index (χ3n) is 4.89. The standard InChI is InChI=1S/C24H23F3N2O2.CH4O3S/c1-16(23(28)30)29-15-18-10-12-19(13-11-18)20-8-5-9-22(31-24(25,26)27)21(20)14-17-6-3-2-4-7-17;1-5(2,3)4/h2-13,16,29H,14-15H2,1H3,(H2,28,30);1H3,(H,2,3,4). The Bertz CT molecular complexity index is 1240. The fourth-order valence-electron chi connectivity index (χ4n) is 3.21. The van der Waals surface area contributed by atoms with Crippen LogP contribution in [0.4, 0.5) is 13.2 Å². The molecule has 3 aromatic rings. The monoisotopic (exact) mass is 524 g/mol. The van der Waals surface area contributed by atoms with E-state index in [-0.39, 0.29) is 5.75 Å². The topological polar surface area (TPSA) is 119 Å². The molecule has 7 nitrogen and oxygen atoms in total. The molecule has 0 bridgehead atoms. The Morgan fingerprint density at radius 1 is 1.00 bits per heavy atom. The highest BCUT2D eigenvalue weighted by molar-refractivity contribution is 7.85. The smallest absolute Gasteiger partial charge is 0.405 e. The van der Waals surface area contributed by atoms with Gasteiger partial charge in [-0.3, -0.25) is 9.35 Å². The van der Waals surface area contributed by atoms with Crippen molar-refractivity contribution in [3.05, 3.63) is 89.5 Å². The number of hydrogen-bond acceptors (Lipinski definition) is 5. The minimum atomic E-state index is -4.78. The van der Waals surface area contributed by atoms with Crippen molar-refractivity contribution in [1.29, 1.82) is 0 Å². The van der Waals surface area contributed by atoms with Gasteiger partial charge in [-0.1, -0.05) is 66.7 Å². The van der Waals surface area contributed by atoms with Gasteiger partial charge >= 0.3 is 6.36 Å². The summed E-state index contributed by atoms with van der Waals surface area (Å²) in [5, 5.41) is 3.02. The van der Waals surface area contributed by atoms with Crippen LogP contribution in [0.1, 0.15) is 23.6 Å². The predicted octanol–water partition coefficient (Wildman–Crippen LogP) is 4.31. The van der Waals surface area contributed by atoms with E-state index in [4.69, 9.17) is 10.3 Å². The number of benzene rings is 3. The van der Waals surface area contributed by atoms with Crippen molar-refractivity contribution < 1.29 is 35.7 Å². The van der Waals surface area contributed by atoms with Crippen LogP contribution in [0, 0.1) is 0 Å². The van der Waals surface area contributed by atoms with Gasteiger partial charge in [-0.15, -0.1) is 13.2 Å². The molecule has 0 aliphatic heterocycles. The summed E-state index contributed by atoms with van der Waals surface area (Å²) in [6, 6.07) is 20.9. The third-order valence-corrected chi connectivity index (χ3v) is 4.89. The van der Waals surface area contributed by atoms with Crippen LogP contribution in [0.2, 0.25) is 0 Å². The van der Waals surface area contributed by atoms with Crippen LogP contribution >= 0.6 is 0 Å². The van der Waals surface area contributed by atoms with Crippen LogP contribution in [-0.2, 0) is 27.9 Å². The Morgan fingerprint density at radius 3 is 2.11 bits per heavy atom. The molecular weight excluding hydrogens is 497 g/mol. The number of nitrogens with one attached hydrogen (secondary N) is 1. The van der Waals surface area contributed by atoms with Crippen LogP contribution in [-0.4, -0.2) is 37.5 Å². The fourth-order valence-corrected chi connectivity index (χ4v) is 3.21. The molecule has 1 unspecified atom stereocenters. The zero-order valence-corrected chi connectivity index (χ0v) is 20.4. The number of nitrogens with two attached hydrogens (primary N) is 1. The van der Waals surface area contributed by atoms with E-state index < -0.39 is 28.4 Å². The molecule has 3 rings (SSSR count). The van der Waals surface area contributed by atoms with E-state index in [0.717, 1.165) is 16.7 Å². The Hall–Kier alpha value is -3.41. The number of amides is 1. The second-order valence-electron chi connectivity index (χ2n) is 7.93. The Kier molecular flexibility index (Phi) is 10.0. The predicted molar refractivity (Wildman–Crippen MR) is 131 cm³/mol. The Labute approximate surface area is 207 Å². The van der Waals surface area contributed by atoms with Gasteiger partial charge in [0.05, 0.1) is 12.3 Å². The van der Waals surface area contributed by atoms with E-state index in [1.165, 1.54) is 6.07 Å². The van der Waals surface area contributed by atoms with Crippen LogP contribution < -0.4 is 15.8 Å². The number of alkyl halides is 3. The normalized spacial score (nSPS) is 12.3. The first-order valence-corrected chi connectivity index (χ1v) is 12.5. The first-order valence-electron chi connectivity index (χ1n) is 10.7. The number of rotatable bonds is 8. The first kappa shape index (κ1) is 28.8. The molecule has 0 saturated carbocycles. The number of carbonyl (C=O) groups is 1. The molecule has 36 heavy (non-hydrogen) atoms. The highest BCUT2D eigenvalue weighted by Crippen LogP contribution is 2.35. The van der Waals surface area contributed by atoms with E-state index >= 15 is 0 Å². The summed E-state index contributed by atoms with van der Waals surface area (Å²) >= 11 is 0. The molecule has 0 spiro atoms. The fraction of sp³-hybridized carbons (Fsp3) is 0.240. The second-order valence-corrected chi connectivity index (χ2v) is 9.39. The van der Waals surface area contributed by atoms with Gasteiger partial charge in [-0.25, -0.2) is 0 Å². The van der Waals surface area contributed by atoms with Crippen molar-refractivity contribution in [2.24, 2.45) is 5.73 Å². The molecule has 11 heteroatoms. The molecule has 1 amide bonds. The summed E-state index contributed by atoms with van der Waals surface area (Å²) in [6.45, 7) is 2.12. The second kappa shape index (κ2) is 12.5. The molecular formula is C25H27F3N2O5S. The summed E-state index contributed by atoms with van der Waals surface area (Å²) in [6.07, 6.45) is -3.77. The lowest BCUT2D eigenvalue weighted by Crippen LogP contribution is -2.38. The van der Waals surface area contributed by atoms with E-state index in [0.29, 0.717) is 30.3 Å². The van der Waals surface area contributed by atoms with E-state index in [1.54, 1.807) is 19.1 Å². The third kappa shape index (κ3) is 10.5. The van der Waals surface area contributed by atoms with Gasteiger partial charge < -0.3 is 15.8 Å². The molecule has 0 fully saturated rings. The minimum Gasteiger partial charge on any atom is -0.405 e. The van der Waals surface area contributed by atoms with Crippen LogP contribution in [0.5, 0.6) is 5.75 Å². The van der Waals surface area contributed by atoms with Gasteiger partial charge in [0.2, 0.25) is 5.91 Å². The van der Waals surface area contributed by atoms with Gasteiger partial charge in [0.15, 0.2) is 0 Å². The summed E-state index contributed by atoms with van der Waals surface area (Å²) < 4.78 is 69.2. The van der Waals surface area contributed by atoms with E-state index in [9.17, 15) is 26.4 Å². The zero-order chi connectivity index (χ0) is 26.9.